The number of sulfone groups is 1. The Balaban J connectivity index is 2.48. The minimum atomic E-state index is -3.46. The average Bonchev–Trinajstić information content (AvgIpc) is 2.51. The SMILES string of the molecule is CC(C)CCNC(=O)NC(=O)COC(=O)c1cccc(S(C)(=O)=O)c1. The quantitative estimate of drug-likeness (QED) is 0.694. The molecular weight excluding hydrogens is 348 g/mol. The molecule has 0 radical (unpaired) electrons. The molecular formula is C16H22N2O6S. The van der Waals surface area contributed by atoms with Crippen LogP contribution >= 0.6 is 0 Å². The van der Waals surface area contributed by atoms with Crippen molar-refractivity contribution in [1.82, 2.24) is 10.6 Å². The third-order valence-electron chi connectivity index (χ3n) is 3.09. The number of hydrogen-bond donors (Lipinski definition) is 2. The highest BCUT2D eigenvalue weighted by Crippen LogP contribution is 2.12. The van der Waals surface area contributed by atoms with Crippen molar-refractivity contribution in [3.05, 3.63) is 29.8 Å². The van der Waals surface area contributed by atoms with E-state index in [0.717, 1.165) is 18.7 Å². The van der Waals surface area contributed by atoms with Gasteiger partial charge in [0, 0.05) is 12.8 Å². The summed E-state index contributed by atoms with van der Waals surface area (Å²) in [4.78, 5) is 34.9. The van der Waals surface area contributed by atoms with E-state index < -0.39 is 34.4 Å². The maximum Gasteiger partial charge on any atom is 0.338 e. The molecule has 0 bridgehead atoms. The van der Waals surface area contributed by atoms with Crippen LogP contribution in [0.4, 0.5) is 4.79 Å². The Kier molecular flexibility index (Phi) is 7.56. The molecule has 1 aromatic carbocycles. The van der Waals surface area contributed by atoms with Crippen LogP contribution in [0, 0.1) is 5.92 Å². The molecule has 0 saturated carbocycles. The number of imide groups is 1. The zero-order valence-electron chi connectivity index (χ0n) is 14.4. The van der Waals surface area contributed by atoms with Crippen LogP contribution in [-0.2, 0) is 19.4 Å². The van der Waals surface area contributed by atoms with Crippen molar-refractivity contribution in [2.75, 3.05) is 19.4 Å². The summed E-state index contributed by atoms with van der Waals surface area (Å²) in [7, 11) is -3.46. The first kappa shape index (κ1) is 20.6. The summed E-state index contributed by atoms with van der Waals surface area (Å²) >= 11 is 0. The summed E-state index contributed by atoms with van der Waals surface area (Å²) in [6.45, 7) is 3.78. The molecule has 0 aromatic heterocycles. The minimum Gasteiger partial charge on any atom is -0.452 e. The van der Waals surface area contributed by atoms with Crippen LogP contribution in [-0.4, -0.2) is 45.7 Å². The molecule has 0 aliphatic carbocycles. The lowest BCUT2D eigenvalue weighted by Crippen LogP contribution is -2.41. The van der Waals surface area contributed by atoms with Gasteiger partial charge in [0.05, 0.1) is 10.5 Å². The molecule has 8 nitrogen and oxygen atoms in total. The summed E-state index contributed by atoms with van der Waals surface area (Å²) < 4.78 is 27.7. The first-order valence-electron chi connectivity index (χ1n) is 7.64. The maximum atomic E-state index is 11.9. The van der Waals surface area contributed by atoms with Gasteiger partial charge in [0.15, 0.2) is 16.4 Å². The number of carbonyl (C=O) groups excluding carboxylic acids is 3. The molecule has 1 aromatic rings. The average molecular weight is 370 g/mol. The van der Waals surface area contributed by atoms with Gasteiger partial charge in [0.2, 0.25) is 0 Å². The van der Waals surface area contributed by atoms with Gasteiger partial charge in [-0.25, -0.2) is 18.0 Å². The van der Waals surface area contributed by atoms with Gasteiger partial charge in [0.25, 0.3) is 5.91 Å². The van der Waals surface area contributed by atoms with Crippen LogP contribution in [0.1, 0.15) is 30.6 Å². The molecule has 0 unspecified atom stereocenters. The summed E-state index contributed by atoms with van der Waals surface area (Å²) in [5.74, 6) is -1.23. The van der Waals surface area contributed by atoms with Gasteiger partial charge in [0.1, 0.15) is 0 Å². The molecule has 0 saturated heterocycles. The van der Waals surface area contributed by atoms with Crippen LogP contribution < -0.4 is 10.6 Å². The van der Waals surface area contributed by atoms with E-state index in [0.29, 0.717) is 12.5 Å². The fourth-order valence-electron chi connectivity index (χ4n) is 1.75. The molecule has 0 spiro atoms. The molecule has 0 fully saturated rings. The lowest BCUT2D eigenvalue weighted by molar-refractivity contribution is -0.123. The Hall–Kier alpha value is -2.42. The van der Waals surface area contributed by atoms with Crippen molar-refractivity contribution in [1.29, 1.82) is 0 Å². The van der Waals surface area contributed by atoms with E-state index in [9.17, 15) is 22.8 Å². The Labute approximate surface area is 146 Å². The van der Waals surface area contributed by atoms with E-state index in [-0.39, 0.29) is 10.5 Å². The number of esters is 1. The van der Waals surface area contributed by atoms with E-state index in [1.807, 2.05) is 19.2 Å². The predicted molar refractivity (Wildman–Crippen MR) is 90.8 cm³/mol. The molecule has 3 amide bonds. The smallest absolute Gasteiger partial charge is 0.338 e. The van der Waals surface area contributed by atoms with Crippen molar-refractivity contribution in [3.63, 3.8) is 0 Å². The van der Waals surface area contributed by atoms with Crippen LogP contribution in [0.15, 0.2) is 29.2 Å². The number of carbonyl (C=O) groups is 3. The predicted octanol–water partition coefficient (Wildman–Crippen LogP) is 1.12. The molecule has 2 N–H and O–H groups in total. The number of urea groups is 1. The summed E-state index contributed by atoms with van der Waals surface area (Å²) in [5.41, 5.74) is -0.00268. The highest BCUT2D eigenvalue weighted by atomic mass is 32.2. The highest BCUT2D eigenvalue weighted by molar-refractivity contribution is 7.90. The zero-order valence-corrected chi connectivity index (χ0v) is 15.2. The van der Waals surface area contributed by atoms with Gasteiger partial charge in [-0.3, -0.25) is 10.1 Å². The number of benzene rings is 1. The Morgan fingerprint density at radius 3 is 2.48 bits per heavy atom. The molecule has 1 rings (SSSR count). The fraction of sp³-hybridized carbons (Fsp3) is 0.438. The van der Waals surface area contributed by atoms with Gasteiger partial charge in [-0.15, -0.1) is 0 Å². The normalized spacial score (nSPS) is 11.0. The van der Waals surface area contributed by atoms with Gasteiger partial charge >= 0.3 is 12.0 Å². The fourth-order valence-corrected chi connectivity index (χ4v) is 2.42. The lowest BCUT2D eigenvalue weighted by Gasteiger charge is -2.09. The van der Waals surface area contributed by atoms with Crippen molar-refractivity contribution in [2.24, 2.45) is 5.92 Å². The van der Waals surface area contributed by atoms with E-state index in [1.54, 1.807) is 0 Å². The number of hydrogen-bond acceptors (Lipinski definition) is 6. The second kappa shape index (κ2) is 9.16. The van der Waals surface area contributed by atoms with Crippen molar-refractivity contribution >= 4 is 27.7 Å². The second-order valence-electron chi connectivity index (χ2n) is 5.86. The van der Waals surface area contributed by atoms with E-state index in [1.165, 1.54) is 18.2 Å². The standard InChI is InChI=1S/C16H22N2O6S/c1-11(2)7-8-17-16(21)18-14(19)10-24-15(20)12-5-4-6-13(9-12)25(3,22)23/h4-6,9,11H,7-8,10H2,1-3H3,(H2,17,18,19,21). The summed E-state index contributed by atoms with van der Waals surface area (Å²) in [5, 5.41) is 4.54. The Morgan fingerprint density at radius 2 is 1.88 bits per heavy atom. The molecule has 138 valence electrons. The minimum absolute atomic E-state index is 0.00268. The van der Waals surface area contributed by atoms with Crippen LogP contribution in [0.3, 0.4) is 0 Å². The molecule has 0 aliphatic rings. The van der Waals surface area contributed by atoms with Gasteiger partial charge in [-0.1, -0.05) is 19.9 Å². The largest absolute Gasteiger partial charge is 0.452 e. The van der Waals surface area contributed by atoms with Gasteiger partial charge in [-0.05, 0) is 30.5 Å². The summed E-state index contributed by atoms with van der Waals surface area (Å²) in [6.07, 6.45) is 1.79. The van der Waals surface area contributed by atoms with E-state index in [2.05, 4.69) is 5.32 Å². The first-order valence-corrected chi connectivity index (χ1v) is 9.53. The van der Waals surface area contributed by atoms with Crippen molar-refractivity contribution in [3.8, 4) is 0 Å². The van der Waals surface area contributed by atoms with Crippen LogP contribution in [0.5, 0.6) is 0 Å². The molecule has 0 heterocycles. The molecule has 25 heavy (non-hydrogen) atoms. The number of rotatable bonds is 7. The Morgan fingerprint density at radius 1 is 1.20 bits per heavy atom. The molecule has 0 aliphatic heterocycles. The maximum absolute atomic E-state index is 11.9. The number of amides is 3. The third-order valence-corrected chi connectivity index (χ3v) is 4.20. The van der Waals surface area contributed by atoms with Crippen molar-refractivity contribution < 1.29 is 27.5 Å². The van der Waals surface area contributed by atoms with Crippen LogP contribution in [0.25, 0.3) is 0 Å². The van der Waals surface area contributed by atoms with E-state index >= 15 is 0 Å². The second-order valence-corrected chi connectivity index (χ2v) is 7.88. The number of nitrogens with one attached hydrogen (secondary N) is 2. The lowest BCUT2D eigenvalue weighted by atomic mass is 10.1. The van der Waals surface area contributed by atoms with Crippen molar-refractivity contribution in [2.45, 2.75) is 25.2 Å². The monoisotopic (exact) mass is 370 g/mol. The third kappa shape index (κ3) is 7.79. The Bertz CT molecular complexity index is 743. The summed E-state index contributed by atoms with van der Waals surface area (Å²) in [6, 6.07) is 4.61. The first-order chi connectivity index (χ1) is 11.6. The van der Waals surface area contributed by atoms with E-state index in [4.69, 9.17) is 4.74 Å². The number of ether oxygens (including phenoxy) is 1. The molecule has 9 heteroatoms. The zero-order chi connectivity index (χ0) is 19.0. The topological polar surface area (TPSA) is 119 Å². The highest BCUT2D eigenvalue weighted by Gasteiger charge is 2.15. The van der Waals surface area contributed by atoms with Gasteiger partial charge < -0.3 is 10.1 Å². The van der Waals surface area contributed by atoms with Crippen LogP contribution in [0.2, 0.25) is 0 Å². The molecule has 0 atom stereocenters. The van der Waals surface area contributed by atoms with Gasteiger partial charge in [-0.2, -0.15) is 0 Å².